The third kappa shape index (κ3) is 4.42. The van der Waals surface area contributed by atoms with E-state index in [4.69, 9.17) is 0 Å². The van der Waals surface area contributed by atoms with E-state index in [0.717, 1.165) is 54.7 Å². The molecule has 6 nitrogen and oxygen atoms in total. The predicted octanol–water partition coefficient (Wildman–Crippen LogP) is 4.85. The highest BCUT2D eigenvalue weighted by molar-refractivity contribution is 7.13. The van der Waals surface area contributed by atoms with Crippen LogP contribution < -0.4 is 5.32 Å². The summed E-state index contributed by atoms with van der Waals surface area (Å²) < 4.78 is 1.85. The number of rotatable bonds is 6. The van der Waals surface area contributed by atoms with Gasteiger partial charge in [0.05, 0.1) is 17.6 Å². The van der Waals surface area contributed by atoms with Gasteiger partial charge in [0.25, 0.3) is 0 Å². The Morgan fingerprint density at radius 2 is 1.90 bits per heavy atom. The van der Waals surface area contributed by atoms with Crippen molar-refractivity contribution in [3.05, 3.63) is 83.6 Å². The molecular formula is C23H24N6S. The molecule has 0 radical (unpaired) electrons. The normalized spacial score (nSPS) is 15.3. The monoisotopic (exact) mass is 416 g/mol. The molecule has 1 aliphatic rings. The molecule has 1 N–H and O–H groups in total. The fraction of sp³-hybridized carbons (Fsp3) is 0.261. The van der Waals surface area contributed by atoms with E-state index >= 15 is 0 Å². The molecule has 5 rings (SSSR count). The maximum atomic E-state index is 4.37. The molecule has 0 aliphatic carbocycles. The van der Waals surface area contributed by atoms with Crippen LogP contribution >= 0.6 is 11.3 Å². The van der Waals surface area contributed by atoms with Gasteiger partial charge in [-0.2, -0.15) is 0 Å². The lowest BCUT2D eigenvalue weighted by Crippen LogP contribution is -2.32. The summed E-state index contributed by atoms with van der Waals surface area (Å²) in [5, 5.41) is 15.0. The van der Waals surface area contributed by atoms with Crippen LogP contribution in [0, 0.1) is 0 Å². The number of hydrogen-bond donors (Lipinski definition) is 1. The Labute approximate surface area is 180 Å². The van der Waals surface area contributed by atoms with Gasteiger partial charge in [-0.25, -0.2) is 9.67 Å². The number of piperidine rings is 1. The van der Waals surface area contributed by atoms with Crippen LogP contribution in [0.3, 0.4) is 0 Å². The highest BCUT2D eigenvalue weighted by Gasteiger charge is 2.21. The Morgan fingerprint density at radius 3 is 2.70 bits per heavy atom. The molecule has 0 unspecified atom stereocenters. The topological polar surface area (TPSA) is 58.9 Å². The van der Waals surface area contributed by atoms with Gasteiger partial charge in [-0.3, -0.25) is 4.90 Å². The molecule has 30 heavy (non-hydrogen) atoms. The average Bonchev–Trinajstić information content (AvgIpc) is 3.48. The second kappa shape index (κ2) is 8.77. The molecule has 0 bridgehead atoms. The lowest BCUT2D eigenvalue weighted by molar-refractivity contribution is 0.202. The Balaban J connectivity index is 1.17. The Morgan fingerprint density at radius 1 is 1.03 bits per heavy atom. The molecule has 1 fully saturated rings. The second-order valence-corrected chi connectivity index (χ2v) is 8.52. The number of para-hydroxylation sites is 1. The van der Waals surface area contributed by atoms with E-state index in [0.29, 0.717) is 5.92 Å². The first-order valence-electron chi connectivity index (χ1n) is 10.3. The van der Waals surface area contributed by atoms with E-state index in [9.17, 15) is 0 Å². The van der Waals surface area contributed by atoms with Crippen LogP contribution in [0.1, 0.15) is 30.0 Å². The number of likely N-dealkylation sites (tertiary alicyclic amines) is 1. The summed E-state index contributed by atoms with van der Waals surface area (Å²) in [5.41, 5.74) is 4.58. The smallest absolute Gasteiger partial charge is 0.187 e. The minimum atomic E-state index is 0.597. The summed E-state index contributed by atoms with van der Waals surface area (Å²) in [6, 6.07) is 18.9. The van der Waals surface area contributed by atoms with Crippen molar-refractivity contribution >= 4 is 22.2 Å². The molecule has 2 aromatic heterocycles. The maximum Gasteiger partial charge on any atom is 0.187 e. The number of nitrogens with one attached hydrogen (secondary N) is 1. The summed E-state index contributed by atoms with van der Waals surface area (Å²) in [6.07, 6.45) is 6.18. The summed E-state index contributed by atoms with van der Waals surface area (Å²) in [7, 11) is 0. The van der Waals surface area contributed by atoms with Crippen molar-refractivity contribution in [2.75, 3.05) is 18.4 Å². The van der Waals surface area contributed by atoms with Gasteiger partial charge in [-0.1, -0.05) is 35.5 Å². The van der Waals surface area contributed by atoms with Crippen molar-refractivity contribution in [3.63, 3.8) is 0 Å². The first kappa shape index (κ1) is 19.0. The maximum absolute atomic E-state index is 4.37. The van der Waals surface area contributed by atoms with E-state index in [1.165, 1.54) is 5.56 Å². The average molecular weight is 417 g/mol. The van der Waals surface area contributed by atoms with Gasteiger partial charge in [0.2, 0.25) is 0 Å². The van der Waals surface area contributed by atoms with Crippen molar-refractivity contribution < 1.29 is 0 Å². The molecule has 152 valence electrons. The first-order chi connectivity index (χ1) is 14.8. The molecular weight excluding hydrogens is 392 g/mol. The van der Waals surface area contributed by atoms with Crippen LogP contribution in [-0.4, -0.2) is 38.0 Å². The van der Waals surface area contributed by atoms with Crippen LogP contribution in [0.4, 0.5) is 10.8 Å². The van der Waals surface area contributed by atoms with Crippen molar-refractivity contribution in [1.29, 1.82) is 0 Å². The van der Waals surface area contributed by atoms with Gasteiger partial charge in [0.15, 0.2) is 5.13 Å². The number of anilines is 2. The second-order valence-electron chi connectivity index (χ2n) is 7.63. The predicted molar refractivity (Wildman–Crippen MR) is 120 cm³/mol. The minimum Gasteiger partial charge on any atom is -0.332 e. The van der Waals surface area contributed by atoms with Crippen LogP contribution in [0.2, 0.25) is 0 Å². The molecule has 7 heteroatoms. The number of benzene rings is 2. The summed E-state index contributed by atoms with van der Waals surface area (Å²) in [4.78, 5) is 6.79. The molecule has 0 atom stereocenters. The standard InChI is InChI=1S/C23H24N6S/c1-2-7-22(8-3-1)29-17-21(26-27-29)16-28-12-9-18(10-13-28)19-5-4-6-20(15-19)25-23-24-11-14-30-23/h1-8,11,14-15,17-18H,9-10,12-13,16H2,(H,24,25). The number of thiazole rings is 1. The lowest BCUT2D eigenvalue weighted by atomic mass is 9.89. The molecule has 0 saturated carbocycles. The third-order valence-electron chi connectivity index (χ3n) is 5.58. The fourth-order valence-corrected chi connectivity index (χ4v) is 4.56. The number of hydrogen-bond acceptors (Lipinski definition) is 6. The highest BCUT2D eigenvalue weighted by atomic mass is 32.1. The summed E-state index contributed by atoms with van der Waals surface area (Å²) in [5.74, 6) is 0.597. The van der Waals surface area contributed by atoms with Crippen LogP contribution in [0.5, 0.6) is 0 Å². The van der Waals surface area contributed by atoms with E-state index in [-0.39, 0.29) is 0 Å². The molecule has 2 aromatic carbocycles. The molecule has 0 spiro atoms. The van der Waals surface area contributed by atoms with Crippen LogP contribution in [-0.2, 0) is 6.54 Å². The zero-order valence-electron chi connectivity index (χ0n) is 16.7. The Hall–Kier alpha value is -3.03. The number of aromatic nitrogens is 4. The van der Waals surface area contributed by atoms with Gasteiger partial charge < -0.3 is 5.32 Å². The van der Waals surface area contributed by atoms with Crippen molar-refractivity contribution in [3.8, 4) is 5.69 Å². The van der Waals surface area contributed by atoms with Crippen LogP contribution in [0.15, 0.2) is 72.4 Å². The van der Waals surface area contributed by atoms with E-state index < -0.39 is 0 Å². The molecule has 0 amide bonds. The molecule has 3 heterocycles. The lowest BCUT2D eigenvalue weighted by Gasteiger charge is -2.31. The zero-order valence-corrected chi connectivity index (χ0v) is 17.5. The molecule has 1 aliphatic heterocycles. The third-order valence-corrected chi connectivity index (χ3v) is 6.26. The van der Waals surface area contributed by atoms with Gasteiger partial charge in [-0.15, -0.1) is 16.4 Å². The van der Waals surface area contributed by atoms with Gasteiger partial charge in [-0.05, 0) is 61.7 Å². The molecule has 1 saturated heterocycles. The van der Waals surface area contributed by atoms with E-state index in [2.05, 4.69) is 49.8 Å². The summed E-state index contributed by atoms with van der Waals surface area (Å²) >= 11 is 1.62. The van der Waals surface area contributed by atoms with Crippen molar-refractivity contribution in [2.45, 2.75) is 25.3 Å². The van der Waals surface area contributed by atoms with Gasteiger partial charge in [0, 0.05) is 23.8 Å². The van der Waals surface area contributed by atoms with E-state index in [1.54, 1.807) is 11.3 Å². The Bertz CT molecular complexity index is 1070. The van der Waals surface area contributed by atoms with Gasteiger partial charge in [0.1, 0.15) is 0 Å². The number of nitrogens with zero attached hydrogens (tertiary/aromatic N) is 5. The highest BCUT2D eigenvalue weighted by Crippen LogP contribution is 2.31. The quantitative estimate of drug-likeness (QED) is 0.487. The SMILES string of the molecule is c1ccc(-n2cc(CN3CCC(c4cccc(Nc5nccs5)c4)CC3)nn2)cc1. The van der Waals surface area contributed by atoms with E-state index in [1.807, 2.05) is 52.8 Å². The Kier molecular flexibility index (Phi) is 5.54. The molecule has 4 aromatic rings. The largest absolute Gasteiger partial charge is 0.332 e. The van der Waals surface area contributed by atoms with Crippen molar-refractivity contribution in [2.24, 2.45) is 0 Å². The minimum absolute atomic E-state index is 0.597. The fourth-order valence-electron chi connectivity index (χ4n) is 4.01. The van der Waals surface area contributed by atoms with Crippen LogP contribution in [0.25, 0.3) is 5.69 Å². The first-order valence-corrected chi connectivity index (χ1v) is 11.2. The van der Waals surface area contributed by atoms with Crippen molar-refractivity contribution in [1.82, 2.24) is 24.9 Å². The summed E-state index contributed by atoms with van der Waals surface area (Å²) in [6.45, 7) is 3.01. The zero-order chi connectivity index (χ0) is 20.2. The van der Waals surface area contributed by atoms with Gasteiger partial charge >= 0.3 is 0 Å².